The maximum Gasteiger partial charge on any atom is 0.214 e. The minimum absolute atomic E-state index is 0.165. The predicted molar refractivity (Wildman–Crippen MR) is 96.5 cm³/mol. The highest BCUT2D eigenvalue weighted by molar-refractivity contribution is 6.30. The van der Waals surface area contributed by atoms with Crippen LogP contribution in [0.25, 0.3) is 0 Å². The molecule has 1 saturated carbocycles. The highest BCUT2D eigenvalue weighted by Crippen LogP contribution is 2.48. The number of oxazole rings is 1. The number of halogens is 1. The van der Waals surface area contributed by atoms with Gasteiger partial charge in [-0.1, -0.05) is 23.7 Å². The molecule has 0 unspecified atom stereocenters. The summed E-state index contributed by atoms with van der Waals surface area (Å²) in [6, 6.07) is 8.13. The topological polar surface area (TPSA) is 62.5 Å². The molecule has 2 aromatic rings. The first-order valence-corrected chi connectivity index (χ1v) is 8.54. The first kappa shape index (κ1) is 16.8. The molecule has 1 heterocycles. The number of rotatable bonds is 5. The summed E-state index contributed by atoms with van der Waals surface area (Å²) in [6.45, 7) is 5.20. The summed E-state index contributed by atoms with van der Waals surface area (Å²) < 4.78 is 5.58. The second kappa shape index (κ2) is 6.85. The molecule has 0 saturated heterocycles. The lowest BCUT2D eigenvalue weighted by molar-refractivity contribution is 0.463. The van der Waals surface area contributed by atoms with E-state index in [1.54, 1.807) is 7.05 Å². The Labute approximate surface area is 147 Å². The number of hydrogen-bond acceptors (Lipinski definition) is 3. The molecule has 3 rings (SSSR count). The lowest BCUT2D eigenvalue weighted by Crippen LogP contribution is -2.40. The number of aliphatic imine (C=N–C) groups is 1. The standard InChI is InChI=1S/C18H23ClN4O/c1-12-13(2)24-16(23-12)10-21-17(20-3)22-11-18(7-8-18)14-5-4-6-15(19)9-14/h4-6,9H,7-8,10-11H2,1-3H3,(H2,20,21,22). The van der Waals surface area contributed by atoms with Gasteiger partial charge in [-0.15, -0.1) is 0 Å². The molecule has 2 N–H and O–H groups in total. The number of benzene rings is 1. The predicted octanol–water partition coefficient (Wildman–Crippen LogP) is 3.34. The van der Waals surface area contributed by atoms with Crippen molar-refractivity contribution in [1.82, 2.24) is 15.6 Å². The minimum Gasteiger partial charge on any atom is -0.444 e. The number of guanidine groups is 1. The smallest absolute Gasteiger partial charge is 0.214 e. The average Bonchev–Trinajstić information content (AvgIpc) is 3.29. The molecule has 0 bridgehead atoms. The third-order valence-electron chi connectivity index (χ3n) is 4.59. The number of aryl methyl sites for hydroxylation is 2. The first-order valence-electron chi connectivity index (χ1n) is 8.16. The number of nitrogens with zero attached hydrogens (tertiary/aromatic N) is 2. The Hall–Kier alpha value is -2.01. The molecule has 0 atom stereocenters. The van der Waals surface area contributed by atoms with E-state index in [0.29, 0.717) is 12.4 Å². The summed E-state index contributed by atoms with van der Waals surface area (Å²) in [7, 11) is 1.76. The molecule has 128 valence electrons. The second-order valence-electron chi connectivity index (χ2n) is 6.32. The van der Waals surface area contributed by atoms with E-state index in [0.717, 1.165) is 41.8 Å². The Bertz CT molecular complexity index is 730. The fourth-order valence-electron chi connectivity index (χ4n) is 2.78. The van der Waals surface area contributed by atoms with E-state index < -0.39 is 0 Å². The fraction of sp³-hybridized carbons (Fsp3) is 0.444. The van der Waals surface area contributed by atoms with Crippen LogP contribution in [0.4, 0.5) is 0 Å². The Morgan fingerprint density at radius 1 is 1.33 bits per heavy atom. The number of aromatic nitrogens is 1. The maximum atomic E-state index is 6.13. The van der Waals surface area contributed by atoms with Crippen molar-refractivity contribution in [2.24, 2.45) is 4.99 Å². The molecule has 0 spiro atoms. The summed E-state index contributed by atoms with van der Waals surface area (Å²) in [6.07, 6.45) is 2.32. The molecule has 0 radical (unpaired) electrons. The SMILES string of the molecule is CN=C(NCc1nc(C)c(C)o1)NCC1(c2cccc(Cl)c2)CC1. The molecule has 1 fully saturated rings. The van der Waals surface area contributed by atoms with Crippen LogP contribution in [0, 0.1) is 13.8 Å². The summed E-state index contributed by atoms with van der Waals surface area (Å²) in [4.78, 5) is 8.64. The normalized spacial score (nSPS) is 16.1. The molecule has 1 aromatic heterocycles. The van der Waals surface area contributed by atoms with Crippen molar-refractivity contribution in [3.8, 4) is 0 Å². The van der Waals surface area contributed by atoms with Gasteiger partial charge in [0.15, 0.2) is 5.96 Å². The zero-order chi connectivity index (χ0) is 17.2. The quantitative estimate of drug-likeness (QED) is 0.644. The zero-order valence-corrected chi connectivity index (χ0v) is 15.1. The summed E-state index contributed by atoms with van der Waals surface area (Å²) >= 11 is 6.13. The zero-order valence-electron chi connectivity index (χ0n) is 14.3. The van der Waals surface area contributed by atoms with Crippen molar-refractivity contribution < 1.29 is 4.42 Å². The van der Waals surface area contributed by atoms with E-state index in [9.17, 15) is 0 Å². The summed E-state index contributed by atoms with van der Waals surface area (Å²) in [5.74, 6) is 2.27. The van der Waals surface area contributed by atoms with E-state index in [4.69, 9.17) is 16.0 Å². The van der Waals surface area contributed by atoms with Crippen LogP contribution in [0.1, 0.15) is 35.7 Å². The number of hydrogen-bond donors (Lipinski definition) is 2. The molecular formula is C18H23ClN4O. The maximum absolute atomic E-state index is 6.13. The van der Waals surface area contributed by atoms with Gasteiger partial charge in [0.2, 0.25) is 5.89 Å². The van der Waals surface area contributed by atoms with Crippen molar-refractivity contribution in [1.29, 1.82) is 0 Å². The number of nitrogens with one attached hydrogen (secondary N) is 2. The van der Waals surface area contributed by atoms with E-state index in [2.05, 4.69) is 32.7 Å². The molecular weight excluding hydrogens is 324 g/mol. The Morgan fingerprint density at radius 3 is 2.71 bits per heavy atom. The van der Waals surface area contributed by atoms with Gasteiger partial charge in [-0.3, -0.25) is 4.99 Å². The summed E-state index contributed by atoms with van der Waals surface area (Å²) in [5, 5.41) is 7.44. The molecule has 0 aliphatic heterocycles. The molecule has 6 heteroatoms. The highest BCUT2D eigenvalue weighted by Gasteiger charge is 2.44. The van der Waals surface area contributed by atoms with Gasteiger partial charge >= 0.3 is 0 Å². The average molecular weight is 347 g/mol. The Morgan fingerprint density at radius 2 is 2.12 bits per heavy atom. The van der Waals surface area contributed by atoms with E-state index >= 15 is 0 Å². The van der Waals surface area contributed by atoms with Gasteiger partial charge in [-0.05, 0) is 44.4 Å². The van der Waals surface area contributed by atoms with Gasteiger partial charge in [0, 0.05) is 24.0 Å². The van der Waals surface area contributed by atoms with Crippen LogP contribution in [0.5, 0.6) is 0 Å². The van der Waals surface area contributed by atoms with Crippen LogP contribution < -0.4 is 10.6 Å². The van der Waals surface area contributed by atoms with Crippen LogP contribution in [0.3, 0.4) is 0 Å². The van der Waals surface area contributed by atoms with Gasteiger partial charge in [0.25, 0.3) is 0 Å². The Kier molecular flexibility index (Phi) is 4.81. The molecule has 1 aliphatic carbocycles. The van der Waals surface area contributed by atoms with Crippen LogP contribution in [-0.4, -0.2) is 24.5 Å². The van der Waals surface area contributed by atoms with Crippen LogP contribution in [0.15, 0.2) is 33.7 Å². The largest absolute Gasteiger partial charge is 0.444 e. The minimum atomic E-state index is 0.165. The van der Waals surface area contributed by atoms with Crippen LogP contribution >= 0.6 is 11.6 Å². The van der Waals surface area contributed by atoms with Crippen molar-refractivity contribution in [3.05, 3.63) is 52.2 Å². The molecule has 24 heavy (non-hydrogen) atoms. The Balaban J connectivity index is 1.56. The lowest BCUT2D eigenvalue weighted by Gasteiger charge is -2.19. The van der Waals surface area contributed by atoms with Crippen LogP contribution in [0.2, 0.25) is 5.02 Å². The third kappa shape index (κ3) is 3.73. The fourth-order valence-corrected chi connectivity index (χ4v) is 2.97. The van der Waals surface area contributed by atoms with Crippen molar-refractivity contribution in [3.63, 3.8) is 0 Å². The van der Waals surface area contributed by atoms with Gasteiger partial charge < -0.3 is 15.1 Å². The third-order valence-corrected chi connectivity index (χ3v) is 4.82. The monoisotopic (exact) mass is 346 g/mol. The van der Waals surface area contributed by atoms with Gasteiger partial charge in [0.1, 0.15) is 5.76 Å². The molecule has 5 nitrogen and oxygen atoms in total. The molecule has 0 amide bonds. The van der Waals surface area contributed by atoms with E-state index in [1.165, 1.54) is 5.56 Å². The first-order chi connectivity index (χ1) is 11.5. The molecule has 1 aliphatic rings. The molecule has 1 aromatic carbocycles. The van der Waals surface area contributed by atoms with E-state index in [-0.39, 0.29) is 5.41 Å². The summed E-state index contributed by atoms with van der Waals surface area (Å²) in [5.41, 5.74) is 2.38. The van der Waals surface area contributed by atoms with Gasteiger partial charge in [-0.25, -0.2) is 4.98 Å². The lowest BCUT2D eigenvalue weighted by atomic mass is 9.96. The van der Waals surface area contributed by atoms with Crippen molar-refractivity contribution >= 4 is 17.6 Å². The van der Waals surface area contributed by atoms with E-state index in [1.807, 2.05) is 26.0 Å². The van der Waals surface area contributed by atoms with Gasteiger partial charge in [0.05, 0.1) is 12.2 Å². The van der Waals surface area contributed by atoms with Crippen LogP contribution in [-0.2, 0) is 12.0 Å². The second-order valence-corrected chi connectivity index (χ2v) is 6.76. The van der Waals surface area contributed by atoms with Crippen molar-refractivity contribution in [2.75, 3.05) is 13.6 Å². The highest BCUT2D eigenvalue weighted by atomic mass is 35.5. The van der Waals surface area contributed by atoms with Crippen molar-refractivity contribution in [2.45, 2.75) is 38.6 Å². The van der Waals surface area contributed by atoms with Gasteiger partial charge in [-0.2, -0.15) is 0 Å².